The molecule has 4 aliphatic carbocycles. The number of benzene rings is 3. The summed E-state index contributed by atoms with van der Waals surface area (Å²) in [5, 5.41) is 0. The zero-order valence-electron chi connectivity index (χ0n) is 32.8. The maximum atomic E-state index is 2.63. The Balaban J connectivity index is 0.000000221. The van der Waals surface area contributed by atoms with Crippen LogP contribution >= 0.6 is 0 Å². The Bertz CT molecular complexity index is 1860. The quantitative estimate of drug-likeness (QED) is 0.203. The summed E-state index contributed by atoms with van der Waals surface area (Å²) in [6.07, 6.45) is 6.12. The Hall–Kier alpha value is -2.57. The molecule has 0 nitrogen and oxygen atoms in total. The molecule has 0 aliphatic heterocycles. The summed E-state index contributed by atoms with van der Waals surface area (Å²) in [4.78, 5) is 0. The van der Waals surface area contributed by atoms with E-state index < -0.39 is 0 Å². The Morgan fingerprint density at radius 3 is 1.79 bits per heavy atom. The van der Waals surface area contributed by atoms with Gasteiger partial charge in [0.25, 0.3) is 0 Å². The van der Waals surface area contributed by atoms with E-state index in [0.29, 0.717) is 29.6 Å². The van der Waals surface area contributed by atoms with Crippen LogP contribution in [0.25, 0.3) is 5.57 Å². The van der Waals surface area contributed by atoms with E-state index in [-0.39, 0.29) is 35.6 Å². The van der Waals surface area contributed by atoms with Crippen molar-refractivity contribution >= 4 is 8.78 Å². The van der Waals surface area contributed by atoms with Crippen molar-refractivity contribution in [2.75, 3.05) is 0 Å². The van der Waals surface area contributed by atoms with Crippen LogP contribution in [0.3, 0.4) is 0 Å². The molecule has 0 heterocycles. The van der Waals surface area contributed by atoms with Gasteiger partial charge in [-0.25, -0.2) is 18.1 Å². The Kier molecular flexibility index (Phi) is 13.7. The molecule has 0 aromatic heterocycles. The predicted octanol–water partition coefficient (Wildman–Crippen LogP) is 6.51. The second kappa shape index (κ2) is 16.8. The van der Waals surface area contributed by atoms with Crippen molar-refractivity contribution in [1.29, 1.82) is 0 Å². The van der Waals surface area contributed by atoms with E-state index in [9.17, 15) is 0 Å². The summed E-state index contributed by atoms with van der Waals surface area (Å²) >= 11 is 1.46. The smallest absolute Gasteiger partial charge is 0.172 e. The maximum absolute atomic E-state index is 2.63. The van der Waals surface area contributed by atoms with Crippen molar-refractivity contribution in [3.05, 3.63) is 171 Å². The van der Waals surface area contributed by atoms with Crippen LogP contribution in [0.2, 0.25) is 0 Å². The van der Waals surface area contributed by atoms with Crippen LogP contribution in [0.1, 0.15) is 88.8 Å². The van der Waals surface area contributed by atoms with E-state index >= 15 is 0 Å². The van der Waals surface area contributed by atoms with Gasteiger partial charge in [0.1, 0.15) is 0 Å². The van der Waals surface area contributed by atoms with Gasteiger partial charge in [-0.05, 0) is 34.7 Å². The zero-order valence-corrected chi connectivity index (χ0v) is 36.8. The van der Waals surface area contributed by atoms with Crippen molar-refractivity contribution in [3.63, 3.8) is 0 Å². The number of fused-ring (bicyclic) bond motifs is 6. The number of aryl methyl sites for hydroxylation is 2. The second-order valence-corrected chi connectivity index (χ2v) is 17.3. The Morgan fingerprint density at radius 2 is 1.27 bits per heavy atom. The summed E-state index contributed by atoms with van der Waals surface area (Å²) in [5.41, 5.74) is 15.2. The summed E-state index contributed by atoms with van der Waals surface area (Å²) in [6.45, 7) is 24.4. The zero-order chi connectivity index (χ0) is 36.0. The molecular formula is C49H56Cl2Zr-2. The molecule has 0 N–H and O–H groups in total. The van der Waals surface area contributed by atoms with Gasteiger partial charge < -0.3 is 24.8 Å². The Morgan fingerprint density at radius 1 is 0.731 bits per heavy atom. The van der Waals surface area contributed by atoms with Crippen LogP contribution in [0.15, 0.2) is 132 Å². The van der Waals surface area contributed by atoms with Gasteiger partial charge in [-0.15, -0.1) is 6.92 Å². The molecule has 7 unspecified atom stereocenters. The molecule has 1 fully saturated rings. The summed E-state index contributed by atoms with van der Waals surface area (Å²) < 4.78 is 1.42. The van der Waals surface area contributed by atoms with Crippen molar-refractivity contribution in [2.24, 2.45) is 40.4 Å². The first-order valence-electron chi connectivity index (χ1n) is 18.8. The van der Waals surface area contributed by atoms with Crippen LogP contribution in [0.4, 0.5) is 0 Å². The molecule has 0 spiro atoms. The number of allylic oxidation sites excluding steroid dienone is 6. The SMILES string of the molecule is C[C-]1C2=C3Cc4ccccc4C3=C3C=CC(C)C(C)C3(C)C2(C)C(C)C(C)C1C.Cc1ccc([C](=[Zr+2])c2ccc(C)cc2)cc1.[Cl-].[Cl-].c1cc[cH-]c1. The molecule has 3 heteroatoms. The van der Waals surface area contributed by atoms with Crippen LogP contribution in [-0.4, -0.2) is 3.21 Å². The van der Waals surface area contributed by atoms with Crippen LogP contribution < -0.4 is 24.8 Å². The normalized spacial score (nSPS) is 28.0. The standard InChI is InChI=1S/C29H37.C15H14.C5H5.2ClH.Zr/c1-16-13-14-25-26-23-12-10-9-11-22(23)15-24(26)27-19(4)17(2)18(3)21(6)29(27,8)28(25,7)20(16)5;1-12-3-7-14(8-4-12)11-15-9-5-13(2)6-10-15;1-2-4-5-3-1;;;/h9-14,16-18,20-21H,15H2,1-8H3;3-10H,1-2H3;1-5H;2*1H;/q-1;;-1;;;+2/p-2. The first-order valence-corrected chi connectivity index (χ1v) is 20.0. The van der Waals surface area contributed by atoms with E-state index in [2.05, 4.69) is 154 Å². The van der Waals surface area contributed by atoms with Crippen molar-refractivity contribution in [2.45, 2.75) is 75.7 Å². The fraction of sp³-hybridized carbons (Fsp3) is 0.367. The van der Waals surface area contributed by atoms with Crippen molar-refractivity contribution in [3.8, 4) is 0 Å². The number of halogens is 2. The molecule has 8 rings (SSSR count). The van der Waals surface area contributed by atoms with Crippen LogP contribution in [0.5, 0.6) is 0 Å². The van der Waals surface area contributed by atoms with Gasteiger partial charge >= 0.3 is 112 Å². The maximum Gasteiger partial charge on any atom is -0.172 e. The number of hydrogen-bond acceptors (Lipinski definition) is 0. The molecule has 272 valence electrons. The average molecular weight is 807 g/mol. The predicted molar refractivity (Wildman–Crippen MR) is 212 cm³/mol. The third-order valence-electron chi connectivity index (χ3n) is 13.8. The van der Waals surface area contributed by atoms with Crippen molar-refractivity contribution in [1.82, 2.24) is 0 Å². The largest absolute Gasteiger partial charge is 1.00 e. The number of rotatable bonds is 2. The van der Waals surface area contributed by atoms with Gasteiger partial charge in [0.15, 0.2) is 0 Å². The van der Waals surface area contributed by atoms with Gasteiger partial charge in [-0.2, -0.15) is 29.3 Å². The molecule has 52 heavy (non-hydrogen) atoms. The molecule has 0 amide bonds. The molecule has 0 saturated heterocycles. The van der Waals surface area contributed by atoms with E-state index in [0.717, 1.165) is 6.42 Å². The molecular weight excluding hydrogens is 751 g/mol. The minimum Gasteiger partial charge on any atom is -1.00 e. The van der Waals surface area contributed by atoms with Gasteiger partial charge in [0.05, 0.1) is 0 Å². The van der Waals surface area contributed by atoms with E-state index in [1.54, 1.807) is 28.2 Å². The van der Waals surface area contributed by atoms with Gasteiger partial charge in [-0.1, -0.05) is 114 Å². The van der Waals surface area contributed by atoms with Gasteiger partial charge in [-0.3, -0.25) is 0 Å². The van der Waals surface area contributed by atoms with E-state index in [1.165, 1.54) is 60.8 Å². The monoisotopic (exact) mass is 804 g/mol. The minimum atomic E-state index is 0. The van der Waals surface area contributed by atoms with Crippen LogP contribution in [0, 0.1) is 60.2 Å². The number of hydrogen-bond donors (Lipinski definition) is 0. The molecule has 4 aliphatic rings. The molecule has 0 radical (unpaired) electrons. The minimum absolute atomic E-state index is 0. The fourth-order valence-corrected chi connectivity index (χ4v) is 10.6. The molecule has 0 bridgehead atoms. The molecule has 4 aromatic carbocycles. The topological polar surface area (TPSA) is 0 Å². The third kappa shape index (κ3) is 7.17. The molecule has 7 atom stereocenters. The third-order valence-corrected chi connectivity index (χ3v) is 15.2. The van der Waals surface area contributed by atoms with E-state index in [4.69, 9.17) is 0 Å². The van der Waals surface area contributed by atoms with E-state index in [1.807, 2.05) is 30.3 Å². The summed E-state index contributed by atoms with van der Waals surface area (Å²) in [7, 11) is 0. The fourth-order valence-electron chi connectivity index (χ4n) is 9.77. The first kappa shape index (κ1) is 42.2. The summed E-state index contributed by atoms with van der Waals surface area (Å²) in [5.74, 6) is 4.93. The van der Waals surface area contributed by atoms with Gasteiger partial charge in [0.2, 0.25) is 0 Å². The van der Waals surface area contributed by atoms with Crippen molar-refractivity contribution < 1.29 is 49.0 Å². The molecule has 4 aromatic rings. The second-order valence-electron chi connectivity index (χ2n) is 16.1. The average Bonchev–Trinajstić information content (AvgIpc) is 3.82. The molecule has 1 saturated carbocycles. The Labute approximate surface area is 342 Å². The van der Waals surface area contributed by atoms with Gasteiger partial charge in [0, 0.05) is 5.41 Å². The first-order chi connectivity index (χ1) is 23.8. The summed E-state index contributed by atoms with van der Waals surface area (Å²) in [6, 6.07) is 36.7. The van der Waals surface area contributed by atoms with Crippen LogP contribution in [-0.2, 0) is 30.7 Å².